The number of hydrogen-bond acceptors (Lipinski definition) is 2. The number of unbranched alkanes of at least 4 members (excludes halogenated alkanes) is 4. The Kier molecular flexibility index (Phi) is 9.13. The predicted octanol–water partition coefficient (Wildman–Crippen LogP) is 5.10. The molecule has 0 amide bonds. The third-order valence-corrected chi connectivity index (χ3v) is 3.15. The topological polar surface area (TPSA) is 26.3 Å². The van der Waals surface area contributed by atoms with Gasteiger partial charge in [-0.25, -0.2) is 0 Å². The number of hydrogen-bond donors (Lipinski definition) is 0. The van der Waals surface area contributed by atoms with E-state index in [0.717, 1.165) is 19.3 Å². The van der Waals surface area contributed by atoms with Crippen LogP contribution in [0.25, 0.3) is 0 Å². The Morgan fingerprint density at radius 3 is 2.00 bits per heavy atom. The highest BCUT2D eigenvalue weighted by Gasteiger charge is 2.25. The van der Waals surface area contributed by atoms with E-state index in [-0.39, 0.29) is 17.5 Å². The van der Waals surface area contributed by atoms with Gasteiger partial charge in [-0.3, -0.25) is 4.79 Å². The third-order valence-electron chi connectivity index (χ3n) is 3.15. The average Bonchev–Trinajstić information content (AvgIpc) is 2.29. The average molecular weight is 256 g/mol. The van der Waals surface area contributed by atoms with Crippen molar-refractivity contribution in [1.29, 1.82) is 0 Å². The van der Waals surface area contributed by atoms with E-state index in [1.807, 2.05) is 20.8 Å². The SMILES string of the molecule is CCCCCCC(CCCC)OC(=O)C(C)(C)C. The van der Waals surface area contributed by atoms with E-state index >= 15 is 0 Å². The third kappa shape index (κ3) is 8.54. The van der Waals surface area contributed by atoms with E-state index in [2.05, 4.69) is 13.8 Å². The van der Waals surface area contributed by atoms with Crippen LogP contribution < -0.4 is 0 Å². The summed E-state index contributed by atoms with van der Waals surface area (Å²) < 4.78 is 5.66. The molecule has 108 valence electrons. The molecule has 2 heteroatoms. The Morgan fingerprint density at radius 2 is 1.50 bits per heavy atom. The number of carbonyl (C=O) groups is 1. The van der Waals surface area contributed by atoms with Crippen molar-refractivity contribution in [1.82, 2.24) is 0 Å². The molecule has 0 aromatic carbocycles. The molecule has 0 aliphatic heterocycles. The summed E-state index contributed by atoms with van der Waals surface area (Å²) in [4.78, 5) is 11.9. The zero-order valence-corrected chi connectivity index (χ0v) is 13.1. The zero-order chi connectivity index (χ0) is 14.0. The zero-order valence-electron chi connectivity index (χ0n) is 13.1. The normalized spacial score (nSPS) is 13.4. The summed E-state index contributed by atoms with van der Waals surface area (Å²) in [6.45, 7) is 10.2. The van der Waals surface area contributed by atoms with E-state index in [4.69, 9.17) is 4.74 Å². The van der Waals surface area contributed by atoms with Crippen LogP contribution in [0.2, 0.25) is 0 Å². The molecule has 18 heavy (non-hydrogen) atoms. The Balaban J connectivity index is 4.09. The fourth-order valence-electron chi connectivity index (χ4n) is 1.82. The van der Waals surface area contributed by atoms with Crippen LogP contribution in [0.1, 0.15) is 86.0 Å². The second-order valence-electron chi connectivity index (χ2n) is 6.27. The lowest BCUT2D eigenvalue weighted by Crippen LogP contribution is -2.28. The second kappa shape index (κ2) is 9.41. The van der Waals surface area contributed by atoms with Gasteiger partial charge in [0.25, 0.3) is 0 Å². The van der Waals surface area contributed by atoms with Gasteiger partial charge in [0, 0.05) is 0 Å². The summed E-state index contributed by atoms with van der Waals surface area (Å²) in [5, 5.41) is 0. The second-order valence-corrected chi connectivity index (χ2v) is 6.27. The molecule has 1 unspecified atom stereocenters. The molecule has 0 saturated carbocycles. The Bertz CT molecular complexity index is 216. The molecule has 0 heterocycles. The molecule has 1 atom stereocenters. The van der Waals surface area contributed by atoms with Crippen LogP contribution in [0, 0.1) is 5.41 Å². The van der Waals surface area contributed by atoms with Crippen LogP contribution >= 0.6 is 0 Å². The first-order chi connectivity index (χ1) is 8.41. The van der Waals surface area contributed by atoms with Gasteiger partial charge in [-0.15, -0.1) is 0 Å². The van der Waals surface area contributed by atoms with Crippen molar-refractivity contribution in [3.63, 3.8) is 0 Å². The minimum atomic E-state index is -0.381. The highest BCUT2D eigenvalue weighted by atomic mass is 16.5. The van der Waals surface area contributed by atoms with Crippen molar-refractivity contribution < 1.29 is 9.53 Å². The summed E-state index contributed by atoms with van der Waals surface area (Å²) in [5.41, 5.74) is -0.381. The Hall–Kier alpha value is -0.530. The van der Waals surface area contributed by atoms with Gasteiger partial charge in [0.1, 0.15) is 6.10 Å². The summed E-state index contributed by atoms with van der Waals surface area (Å²) >= 11 is 0. The maximum absolute atomic E-state index is 11.9. The van der Waals surface area contributed by atoms with E-state index < -0.39 is 0 Å². The highest BCUT2D eigenvalue weighted by molar-refractivity contribution is 5.75. The summed E-state index contributed by atoms with van der Waals surface area (Å²) in [7, 11) is 0. The van der Waals surface area contributed by atoms with Gasteiger partial charge in [-0.2, -0.15) is 0 Å². The highest BCUT2D eigenvalue weighted by Crippen LogP contribution is 2.21. The quantitative estimate of drug-likeness (QED) is 0.423. The van der Waals surface area contributed by atoms with Crippen LogP contribution in [0.5, 0.6) is 0 Å². The fourth-order valence-corrected chi connectivity index (χ4v) is 1.82. The molecule has 0 aromatic rings. The number of ether oxygens (including phenoxy) is 1. The van der Waals surface area contributed by atoms with Gasteiger partial charge in [0.2, 0.25) is 0 Å². The van der Waals surface area contributed by atoms with Gasteiger partial charge in [0.05, 0.1) is 5.41 Å². The molecular weight excluding hydrogens is 224 g/mol. The lowest BCUT2D eigenvalue weighted by atomic mass is 9.97. The summed E-state index contributed by atoms with van der Waals surface area (Å²) in [5.74, 6) is -0.0564. The fraction of sp³-hybridized carbons (Fsp3) is 0.938. The first-order valence-corrected chi connectivity index (χ1v) is 7.62. The largest absolute Gasteiger partial charge is 0.462 e. The van der Waals surface area contributed by atoms with Gasteiger partial charge >= 0.3 is 5.97 Å². The summed E-state index contributed by atoms with van der Waals surface area (Å²) in [6, 6.07) is 0. The minimum Gasteiger partial charge on any atom is -0.462 e. The van der Waals surface area contributed by atoms with Crippen molar-refractivity contribution in [2.75, 3.05) is 0 Å². The number of esters is 1. The molecule has 2 nitrogen and oxygen atoms in total. The van der Waals surface area contributed by atoms with Gasteiger partial charge in [-0.1, -0.05) is 46.0 Å². The van der Waals surface area contributed by atoms with E-state index in [1.54, 1.807) is 0 Å². The minimum absolute atomic E-state index is 0.0564. The first kappa shape index (κ1) is 17.5. The maximum Gasteiger partial charge on any atom is 0.311 e. The summed E-state index contributed by atoms with van der Waals surface area (Å²) in [6.07, 6.45) is 9.47. The maximum atomic E-state index is 11.9. The molecule has 0 aromatic heterocycles. The molecular formula is C16H32O2. The van der Waals surface area contributed by atoms with Crippen molar-refractivity contribution in [2.45, 2.75) is 92.1 Å². The first-order valence-electron chi connectivity index (χ1n) is 7.62. The molecule has 0 rings (SSSR count). The molecule has 0 aliphatic carbocycles. The van der Waals surface area contributed by atoms with Gasteiger partial charge in [-0.05, 0) is 40.0 Å². The Morgan fingerprint density at radius 1 is 0.944 bits per heavy atom. The van der Waals surface area contributed by atoms with Crippen LogP contribution in [0.15, 0.2) is 0 Å². The predicted molar refractivity (Wildman–Crippen MR) is 77.6 cm³/mol. The molecule has 0 fully saturated rings. The number of carbonyl (C=O) groups excluding carboxylic acids is 1. The molecule has 0 bridgehead atoms. The number of rotatable bonds is 9. The molecule has 0 aliphatic rings. The Labute approximate surface area is 113 Å². The molecule has 0 N–H and O–H groups in total. The molecule has 0 saturated heterocycles. The molecule has 0 spiro atoms. The van der Waals surface area contributed by atoms with E-state index in [1.165, 1.54) is 32.1 Å². The van der Waals surface area contributed by atoms with Crippen molar-refractivity contribution in [2.24, 2.45) is 5.41 Å². The van der Waals surface area contributed by atoms with Crippen LogP contribution in [0.4, 0.5) is 0 Å². The monoisotopic (exact) mass is 256 g/mol. The smallest absolute Gasteiger partial charge is 0.311 e. The van der Waals surface area contributed by atoms with E-state index in [0.29, 0.717) is 0 Å². The van der Waals surface area contributed by atoms with Crippen molar-refractivity contribution >= 4 is 5.97 Å². The van der Waals surface area contributed by atoms with E-state index in [9.17, 15) is 4.79 Å². The van der Waals surface area contributed by atoms with Crippen LogP contribution in [-0.4, -0.2) is 12.1 Å². The lowest BCUT2D eigenvalue weighted by molar-refractivity contribution is -0.159. The van der Waals surface area contributed by atoms with Crippen LogP contribution in [-0.2, 0) is 9.53 Å². The standard InChI is InChI=1S/C16H32O2/c1-6-8-10-11-13-14(12-9-7-2)18-15(17)16(3,4)5/h14H,6-13H2,1-5H3. The van der Waals surface area contributed by atoms with Gasteiger partial charge < -0.3 is 4.74 Å². The molecule has 0 radical (unpaired) electrons. The van der Waals surface area contributed by atoms with Crippen molar-refractivity contribution in [3.8, 4) is 0 Å². The van der Waals surface area contributed by atoms with Gasteiger partial charge in [0.15, 0.2) is 0 Å². The van der Waals surface area contributed by atoms with Crippen LogP contribution in [0.3, 0.4) is 0 Å². The lowest BCUT2D eigenvalue weighted by Gasteiger charge is -2.23. The van der Waals surface area contributed by atoms with Crippen molar-refractivity contribution in [3.05, 3.63) is 0 Å².